The van der Waals surface area contributed by atoms with Gasteiger partial charge in [0.25, 0.3) is 0 Å². The molecular formula is C9H5Cl2FO3. The summed E-state index contributed by atoms with van der Waals surface area (Å²) in [4.78, 5) is 21.8. The molecule has 0 bridgehead atoms. The fourth-order valence-corrected chi connectivity index (χ4v) is 0.985. The molecule has 1 rings (SSSR count). The molecule has 3 nitrogen and oxygen atoms in total. The SMILES string of the molecule is O=C(CCl)OC(=O)c1ccc(Cl)c(F)c1. The Kier molecular flexibility index (Phi) is 4.05. The van der Waals surface area contributed by atoms with Crippen molar-refractivity contribution in [1.82, 2.24) is 0 Å². The molecule has 0 atom stereocenters. The van der Waals surface area contributed by atoms with E-state index in [1.165, 1.54) is 12.1 Å². The summed E-state index contributed by atoms with van der Waals surface area (Å²) in [7, 11) is 0. The lowest BCUT2D eigenvalue weighted by Crippen LogP contribution is -2.13. The molecule has 0 unspecified atom stereocenters. The predicted octanol–water partition coefficient (Wildman–Crippen LogP) is 2.40. The van der Waals surface area contributed by atoms with Crippen molar-refractivity contribution in [3.8, 4) is 0 Å². The van der Waals surface area contributed by atoms with E-state index in [0.29, 0.717) is 0 Å². The zero-order valence-electron chi connectivity index (χ0n) is 7.30. The van der Waals surface area contributed by atoms with E-state index in [-0.39, 0.29) is 10.6 Å². The van der Waals surface area contributed by atoms with E-state index in [9.17, 15) is 14.0 Å². The van der Waals surface area contributed by atoms with Crippen LogP contribution in [0.2, 0.25) is 5.02 Å². The number of alkyl halides is 1. The topological polar surface area (TPSA) is 43.4 Å². The van der Waals surface area contributed by atoms with Gasteiger partial charge in [-0.05, 0) is 18.2 Å². The Hall–Kier alpha value is -1.13. The Bertz CT molecular complexity index is 406. The van der Waals surface area contributed by atoms with Crippen LogP contribution in [0.25, 0.3) is 0 Å². The Morgan fingerprint density at radius 3 is 2.60 bits per heavy atom. The number of carbonyl (C=O) groups is 2. The highest BCUT2D eigenvalue weighted by molar-refractivity contribution is 6.30. The minimum Gasteiger partial charge on any atom is -0.389 e. The molecule has 0 heterocycles. The molecule has 0 amide bonds. The first-order valence-corrected chi connectivity index (χ1v) is 4.72. The Labute approximate surface area is 94.7 Å². The molecule has 1 aromatic carbocycles. The number of carbonyl (C=O) groups excluding carboxylic acids is 2. The Morgan fingerprint density at radius 2 is 2.07 bits per heavy atom. The van der Waals surface area contributed by atoms with Gasteiger partial charge in [0.1, 0.15) is 11.7 Å². The van der Waals surface area contributed by atoms with Gasteiger partial charge < -0.3 is 4.74 Å². The van der Waals surface area contributed by atoms with Crippen molar-refractivity contribution in [2.24, 2.45) is 0 Å². The van der Waals surface area contributed by atoms with Crippen molar-refractivity contribution >= 4 is 35.1 Å². The molecule has 15 heavy (non-hydrogen) atoms. The van der Waals surface area contributed by atoms with Crippen LogP contribution in [0.5, 0.6) is 0 Å². The van der Waals surface area contributed by atoms with E-state index in [2.05, 4.69) is 4.74 Å². The van der Waals surface area contributed by atoms with Crippen molar-refractivity contribution in [1.29, 1.82) is 0 Å². The number of hydrogen-bond donors (Lipinski definition) is 0. The molecule has 0 aliphatic heterocycles. The molecule has 0 radical (unpaired) electrons. The third-order valence-corrected chi connectivity index (χ3v) is 2.00. The lowest BCUT2D eigenvalue weighted by Gasteiger charge is -2.01. The number of esters is 2. The Morgan fingerprint density at radius 1 is 1.40 bits per heavy atom. The van der Waals surface area contributed by atoms with Gasteiger partial charge >= 0.3 is 11.9 Å². The normalized spacial score (nSPS) is 9.80. The maximum Gasteiger partial charge on any atom is 0.345 e. The lowest BCUT2D eigenvalue weighted by atomic mass is 10.2. The van der Waals surface area contributed by atoms with Gasteiger partial charge in [0.15, 0.2) is 0 Å². The Balaban J connectivity index is 2.83. The van der Waals surface area contributed by atoms with E-state index >= 15 is 0 Å². The summed E-state index contributed by atoms with van der Waals surface area (Å²) >= 11 is 10.5. The van der Waals surface area contributed by atoms with Crippen LogP contribution >= 0.6 is 23.2 Å². The average Bonchev–Trinajstić information content (AvgIpc) is 2.21. The molecule has 1 aromatic rings. The minimum atomic E-state index is -0.962. The van der Waals surface area contributed by atoms with Gasteiger partial charge in [-0.15, -0.1) is 11.6 Å². The number of hydrogen-bond acceptors (Lipinski definition) is 3. The number of benzene rings is 1. The van der Waals surface area contributed by atoms with Gasteiger partial charge in [-0.2, -0.15) is 0 Å². The van der Waals surface area contributed by atoms with Crippen LogP contribution in [-0.2, 0) is 9.53 Å². The van der Waals surface area contributed by atoms with E-state index in [0.717, 1.165) is 6.07 Å². The summed E-state index contributed by atoms with van der Waals surface area (Å²) in [6, 6.07) is 3.32. The molecule has 0 aliphatic carbocycles. The lowest BCUT2D eigenvalue weighted by molar-refractivity contribution is -0.135. The van der Waals surface area contributed by atoms with Gasteiger partial charge in [0.05, 0.1) is 10.6 Å². The van der Waals surface area contributed by atoms with Gasteiger partial charge in [-0.1, -0.05) is 11.6 Å². The molecular weight excluding hydrogens is 246 g/mol. The van der Waals surface area contributed by atoms with Gasteiger partial charge in [0.2, 0.25) is 0 Å². The zero-order valence-corrected chi connectivity index (χ0v) is 8.81. The molecule has 0 aromatic heterocycles. The smallest absolute Gasteiger partial charge is 0.345 e. The fraction of sp³-hybridized carbons (Fsp3) is 0.111. The minimum absolute atomic E-state index is 0.102. The van der Waals surface area contributed by atoms with Crippen molar-refractivity contribution in [3.63, 3.8) is 0 Å². The highest BCUT2D eigenvalue weighted by Crippen LogP contribution is 2.16. The maximum atomic E-state index is 12.9. The number of halogens is 3. The van der Waals surface area contributed by atoms with Gasteiger partial charge in [-0.25, -0.2) is 9.18 Å². The third-order valence-electron chi connectivity index (χ3n) is 1.47. The second-order valence-electron chi connectivity index (χ2n) is 2.52. The molecule has 0 spiro atoms. The first-order valence-electron chi connectivity index (χ1n) is 3.80. The molecule has 6 heteroatoms. The summed E-state index contributed by atoms with van der Waals surface area (Å²) in [6.07, 6.45) is 0. The van der Waals surface area contributed by atoms with Gasteiger partial charge in [0, 0.05) is 0 Å². The molecule has 0 saturated carbocycles. The van der Waals surface area contributed by atoms with Gasteiger partial charge in [-0.3, -0.25) is 4.79 Å². The van der Waals surface area contributed by atoms with Crippen LogP contribution in [0.1, 0.15) is 10.4 Å². The number of rotatable bonds is 2. The highest BCUT2D eigenvalue weighted by atomic mass is 35.5. The summed E-state index contributed by atoms with van der Waals surface area (Å²) < 4.78 is 17.2. The molecule has 0 aliphatic rings. The predicted molar refractivity (Wildman–Crippen MR) is 52.6 cm³/mol. The molecule has 0 saturated heterocycles. The second kappa shape index (κ2) is 5.09. The van der Waals surface area contributed by atoms with E-state index in [1.54, 1.807) is 0 Å². The summed E-state index contributed by atoms with van der Waals surface area (Å²) in [5.41, 5.74) is -0.102. The quantitative estimate of drug-likeness (QED) is 0.460. The van der Waals surface area contributed by atoms with Crippen LogP contribution in [-0.4, -0.2) is 17.8 Å². The molecule has 0 fully saturated rings. The second-order valence-corrected chi connectivity index (χ2v) is 3.20. The van der Waals surface area contributed by atoms with Crippen molar-refractivity contribution in [2.45, 2.75) is 0 Å². The zero-order chi connectivity index (χ0) is 11.4. The van der Waals surface area contributed by atoms with Crippen LogP contribution in [0, 0.1) is 5.82 Å². The average molecular weight is 251 g/mol. The molecule has 0 N–H and O–H groups in total. The maximum absolute atomic E-state index is 12.9. The number of ether oxygens (including phenoxy) is 1. The fourth-order valence-electron chi connectivity index (χ4n) is 0.813. The van der Waals surface area contributed by atoms with Crippen molar-refractivity contribution in [3.05, 3.63) is 34.6 Å². The summed E-state index contributed by atoms with van der Waals surface area (Å²) in [5, 5.41) is -0.116. The van der Waals surface area contributed by atoms with Crippen molar-refractivity contribution < 1.29 is 18.7 Å². The monoisotopic (exact) mass is 250 g/mol. The van der Waals surface area contributed by atoms with Crippen LogP contribution in [0.15, 0.2) is 18.2 Å². The van der Waals surface area contributed by atoms with Crippen LogP contribution < -0.4 is 0 Å². The van der Waals surface area contributed by atoms with Crippen LogP contribution in [0.4, 0.5) is 4.39 Å². The molecule has 80 valence electrons. The highest BCUT2D eigenvalue weighted by Gasteiger charge is 2.13. The summed E-state index contributed by atoms with van der Waals surface area (Å²) in [5.74, 6) is -3.06. The van der Waals surface area contributed by atoms with E-state index in [4.69, 9.17) is 23.2 Å². The third kappa shape index (κ3) is 3.18. The summed E-state index contributed by atoms with van der Waals surface area (Å²) in [6.45, 7) is 0. The van der Waals surface area contributed by atoms with E-state index < -0.39 is 23.6 Å². The largest absolute Gasteiger partial charge is 0.389 e. The first-order chi connectivity index (χ1) is 7.04. The van der Waals surface area contributed by atoms with Crippen molar-refractivity contribution in [2.75, 3.05) is 5.88 Å². The van der Waals surface area contributed by atoms with Crippen LogP contribution in [0.3, 0.4) is 0 Å². The standard InChI is InChI=1S/C9H5Cl2FO3/c10-4-8(13)15-9(14)5-1-2-6(11)7(12)3-5/h1-3H,4H2. The van der Waals surface area contributed by atoms with E-state index in [1.807, 2.05) is 0 Å². The first kappa shape index (κ1) is 11.9.